The smallest absolute Gasteiger partial charge is 0.222 e. The van der Waals surface area contributed by atoms with Gasteiger partial charge in [-0.25, -0.2) is 0 Å². The lowest BCUT2D eigenvalue weighted by Crippen LogP contribution is -2.74. The van der Waals surface area contributed by atoms with Gasteiger partial charge in [0.2, 0.25) is 11.6 Å². The second-order valence-corrected chi connectivity index (χ2v) is 6.37. The molecule has 6 atom stereocenters. The quantitative estimate of drug-likeness (QED) is 0.789. The molecule has 6 heteroatoms. The zero-order valence-corrected chi connectivity index (χ0v) is 14.0. The van der Waals surface area contributed by atoms with Gasteiger partial charge in [-0.1, -0.05) is 0 Å². The van der Waals surface area contributed by atoms with Gasteiger partial charge in [0, 0.05) is 28.4 Å². The molecule has 0 unspecified atom stereocenters. The van der Waals surface area contributed by atoms with Crippen molar-refractivity contribution in [3.05, 3.63) is 0 Å². The fraction of sp³-hybridized carbons (Fsp3) is 1.00. The Morgan fingerprint density at radius 1 is 0.682 bits per heavy atom. The van der Waals surface area contributed by atoms with Crippen LogP contribution in [0.5, 0.6) is 0 Å². The van der Waals surface area contributed by atoms with Gasteiger partial charge in [-0.05, 0) is 38.5 Å². The molecule has 0 aromatic rings. The van der Waals surface area contributed by atoms with Crippen molar-refractivity contribution in [2.24, 2.45) is 0 Å². The van der Waals surface area contributed by atoms with Crippen LogP contribution >= 0.6 is 0 Å². The lowest BCUT2D eigenvalue weighted by atomic mass is 9.81. The maximum Gasteiger partial charge on any atom is 0.222 e. The Bertz CT molecular complexity index is 355. The summed E-state index contributed by atoms with van der Waals surface area (Å²) in [5.74, 6) is -1.70. The normalized spacial score (nSPS) is 48.5. The van der Waals surface area contributed by atoms with E-state index in [1.807, 2.05) is 0 Å². The molecule has 128 valence electrons. The summed E-state index contributed by atoms with van der Waals surface area (Å²) in [6.07, 6.45) is 4.87. The molecule has 6 nitrogen and oxygen atoms in total. The lowest BCUT2D eigenvalue weighted by molar-refractivity contribution is -0.474. The fourth-order valence-electron chi connectivity index (χ4n) is 4.41. The Balaban J connectivity index is 1.95. The first-order valence-electron chi connectivity index (χ1n) is 8.18. The fourth-order valence-corrected chi connectivity index (χ4v) is 4.41. The molecular weight excluding hydrogens is 288 g/mol. The van der Waals surface area contributed by atoms with Gasteiger partial charge < -0.3 is 28.4 Å². The number of rotatable bonds is 4. The van der Waals surface area contributed by atoms with Crippen LogP contribution in [0, 0.1) is 0 Å². The van der Waals surface area contributed by atoms with Gasteiger partial charge in [-0.3, -0.25) is 0 Å². The monoisotopic (exact) mass is 316 g/mol. The van der Waals surface area contributed by atoms with Gasteiger partial charge in [-0.2, -0.15) is 0 Å². The summed E-state index contributed by atoms with van der Waals surface area (Å²) in [6, 6.07) is 0. The van der Waals surface area contributed by atoms with E-state index in [1.54, 1.807) is 28.4 Å². The van der Waals surface area contributed by atoms with E-state index in [2.05, 4.69) is 0 Å². The van der Waals surface area contributed by atoms with E-state index >= 15 is 0 Å². The van der Waals surface area contributed by atoms with Crippen LogP contribution in [-0.4, -0.2) is 64.4 Å². The van der Waals surface area contributed by atoms with Crippen LogP contribution in [0.1, 0.15) is 38.5 Å². The predicted octanol–water partition coefficient (Wildman–Crippen LogP) is 1.85. The number of fused-ring (bicyclic) bond motifs is 2. The molecule has 0 spiro atoms. The minimum Gasteiger partial charge on any atom is -0.376 e. The molecule has 0 aromatic heterocycles. The SMILES string of the molecule is CO[C@H]1CCC[C@H]2O[C@]3(OC)[C@@H](OC)CCC[C@H]3O[C@@]12OC. The van der Waals surface area contributed by atoms with Crippen LogP contribution in [0.3, 0.4) is 0 Å². The van der Waals surface area contributed by atoms with Crippen molar-refractivity contribution in [2.75, 3.05) is 28.4 Å². The Hall–Kier alpha value is -0.240. The maximum absolute atomic E-state index is 6.48. The molecule has 22 heavy (non-hydrogen) atoms. The Morgan fingerprint density at radius 2 is 1.09 bits per heavy atom. The highest BCUT2D eigenvalue weighted by Gasteiger charge is 2.65. The summed E-state index contributed by atoms with van der Waals surface area (Å²) in [5.41, 5.74) is 0. The summed E-state index contributed by atoms with van der Waals surface area (Å²) in [4.78, 5) is 0. The van der Waals surface area contributed by atoms with Crippen LogP contribution in [0.15, 0.2) is 0 Å². The van der Waals surface area contributed by atoms with Crippen molar-refractivity contribution in [3.63, 3.8) is 0 Å². The van der Waals surface area contributed by atoms with Crippen molar-refractivity contribution >= 4 is 0 Å². The minimum atomic E-state index is -0.852. The third-order valence-corrected chi connectivity index (χ3v) is 5.52. The Morgan fingerprint density at radius 3 is 1.41 bits per heavy atom. The molecule has 2 aliphatic carbocycles. The second-order valence-electron chi connectivity index (χ2n) is 6.37. The summed E-state index contributed by atoms with van der Waals surface area (Å²) in [7, 11) is 6.75. The lowest BCUT2D eigenvalue weighted by Gasteiger charge is -2.59. The van der Waals surface area contributed by atoms with Crippen molar-refractivity contribution in [1.29, 1.82) is 0 Å². The average Bonchev–Trinajstić information content (AvgIpc) is 2.58. The number of hydrogen-bond donors (Lipinski definition) is 0. The molecule has 0 aromatic carbocycles. The Kier molecular flexibility index (Phi) is 4.79. The average molecular weight is 316 g/mol. The zero-order chi connectivity index (χ0) is 15.8. The van der Waals surface area contributed by atoms with Crippen molar-refractivity contribution < 1.29 is 28.4 Å². The van der Waals surface area contributed by atoms with E-state index in [1.165, 1.54) is 0 Å². The third kappa shape index (κ3) is 2.24. The highest BCUT2D eigenvalue weighted by Crippen LogP contribution is 2.50. The van der Waals surface area contributed by atoms with Crippen molar-refractivity contribution in [1.82, 2.24) is 0 Å². The van der Waals surface area contributed by atoms with Gasteiger partial charge in [0.25, 0.3) is 0 Å². The third-order valence-electron chi connectivity index (χ3n) is 5.52. The molecule has 1 heterocycles. The van der Waals surface area contributed by atoms with Gasteiger partial charge >= 0.3 is 0 Å². The molecule has 1 saturated heterocycles. The second kappa shape index (κ2) is 6.34. The highest BCUT2D eigenvalue weighted by molar-refractivity contribution is 5.04. The van der Waals surface area contributed by atoms with Crippen LogP contribution in [0.2, 0.25) is 0 Å². The summed E-state index contributed by atoms with van der Waals surface area (Å²) in [5, 5.41) is 0. The van der Waals surface area contributed by atoms with Gasteiger partial charge in [0.15, 0.2) is 0 Å². The standard InChI is InChI=1S/C16H28O6/c1-17-11-7-5-9-13-15(11,19-3)21-14-10-6-8-12(18-2)16(14,20-4)22-13/h11-14H,5-10H2,1-4H3/t11-,12-,13+,14+,15-,16+/m0/s1. The van der Waals surface area contributed by atoms with Crippen LogP contribution in [-0.2, 0) is 28.4 Å². The molecule has 3 fully saturated rings. The summed E-state index contributed by atoms with van der Waals surface area (Å²) >= 11 is 0. The highest BCUT2D eigenvalue weighted by atomic mass is 16.8. The van der Waals surface area contributed by atoms with Crippen LogP contribution in [0.4, 0.5) is 0 Å². The molecule has 3 rings (SSSR count). The van der Waals surface area contributed by atoms with Crippen molar-refractivity contribution in [3.8, 4) is 0 Å². The van der Waals surface area contributed by atoms with E-state index in [4.69, 9.17) is 28.4 Å². The van der Waals surface area contributed by atoms with E-state index in [0.717, 1.165) is 38.5 Å². The van der Waals surface area contributed by atoms with E-state index in [0.29, 0.717) is 0 Å². The van der Waals surface area contributed by atoms with Gasteiger partial charge in [-0.15, -0.1) is 0 Å². The first-order chi connectivity index (χ1) is 10.7. The van der Waals surface area contributed by atoms with E-state index < -0.39 is 11.6 Å². The number of methoxy groups -OCH3 is 4. The number of hydrogen-bond acceptors (Lipinski definition) is 6. The van der Waals surface area contributed by atoms with Gasteiger partial charge in [0.1, 0.15) is 24.4 Å². The van der Waals surface area contributed by atoms with Gasteiger partial charge in [0.05, 0.1) is 0 Å². The molecule has 1 aliphatic heterocycles. The van der Waals surface area contributed by atoms with Crippen LogP contribution in [0.25, 0.3) is 0 Å². The molecule has 0 radical (unpaired) electrons. The molecule has 3 aliphatic rings. The van der Waals surface area contributed by atoms with Crippen LogP contribution < -0.4 is 0 Å². The van der Waals surface area contributed by atoms with E-state index in [-0.39, 0.29) is 24.4 Å². The maximum atomic E-state index is 6.48. The predicted molar refractivity (Wildman–Crippen MR) is 78.5 cm³/mol. The zero-order valence-electron chi connectivity index (χ0n) is 14.0. The molecule has 2 saturated carbocycles. The first kappa shape index (κ1) is 16.6. The first-order valence-corrected chi connectivity index (χ1v) is 8.18. The molecular formula is C16H28O6. The molecule has 0 N–H and O–H groups in total. The van der Waals surface area contributed by atoms with E-state index in [9.17, 15) is 0 Å². The molecule has 0 amide bonds. The topological polar surface area (TPSA) is 55.4 Å². The molecule has 0 bridgehead atoms. The number of ether oxygens (including phenoxy) is 6. The summed E-state index contributed by atoms with van der Waals surface area (Å²) < 4.78 is 35.9. The van der Waals surface area contributed by atoms with Crippen molar-refractivity contribution in [2.45, 2.75) is 74.5 Å². The Labute approximate surface area is 132 Å². The largest absolute Gasteiger partial charge is 0.376 e. The minimum absolute atomic E-state index is 0.131. The summed E-state index contributed by atoms with van der Waals surface area (Å²) in [6.45, 7) is 0.